The first-order chi connectivity index (χ1) is 9.47. The van der Waals surface area contributed by atoms with Crippen molar-refractivity contribution in [3.05, 3.63) is 65.7 Å². The lowest BCUT2D eigenvalue weighted by molar-refractivity contribution is 0.583. The fraction of sp³-hybridized carbons (Fsp3) is 0. The van der Waals surface area contributed by atoms with E-state index in [1.54, 1.807) is 6.07 Å². The molecule has 2 rings (SSSR count). The van der Waals surface area contributed by atoms with Crippen molar-refractivity contribution in [3.8, 4) is 0 Å². The summed E-state index contributed by atoms with van der Waals surface area (Å²) >= 11 is 0. The summed E-state index contributed by atoms with van der Waals surface area (Å²) in [6.07, 6.45) is 1.17. The fourth-order valence-corrected chi connectivity index (χ4v) is 2.21. The molecular formula is C13H10F2N2O2S. The van der Waals surface area contributed by atoms with Crippen LogP contribution in [0.1, 0.15) is 5.56 Å². The van der Waals surface area contributed by atoms with Crippen LogP contribution < -0.4 is 4.83 Å². The molecule has 0 heterocycles. The van der Waals surface area contributed by atoms with E-state index in [1.165, 1.54) is 24.4 Å². The maximum absolute atomic E-state index is 12.9. The van der Waals surface area contributed by atoms with Gasteiger partial charge in [0.2, 0.25) is 0 Å². The Morgan fingerprint density at radius 3 is 2.35 bits per heavy atom. The summed E-state index contributed by atoms with van der Waals surface area (Å²) in [6, 6.07) is 9.82. The van der Waals surface area contributed by atoms with Crippen LogP contribution in [0.4, 0.5) is 8.78 Å². The summed E-state index contributed by atoms with van der Waals surface area (Å²) in [7, 11) is -3.87. The molecule has 0 unspecified atom stereocenters. The van der Waals surface area contributed by atoms with E-state index in [-0.39, 0.29) is 4.90 Å². The highest BCUT2D eigenvalue weighted by atomic mass is 32.2. The van der Waals surface area contributed by atoms with Crippen LogP contribution in [-0.4, -0.2) is 14.6 Å². The average molecular weight is 296 g/mol. The molecule has 0 saturated heterocycles. The summed E-state index contributed by atoms with van der Waals surface area (Å²) in [5.41, 5.74) is 0.409. The van der Waals surface area contributed by atoms with Crippen LogP contribution in [0.3, 0.4) is 0 Å². The maximum atomic E-state index is 12.9. The molecule has 0 aliphatic rings. The Balaban J connectivity index is 2.11. The van der Waals surface area contributed by atoms with Crippen molar-refractivity contribution in [2.75, 3.05) is 0 Å². The van der Waals surface area contributed by atoms with Gasteiger partial charge in [-0.15, -0.1) is 0 Å². The SMILES string of the molecule is O=S(=O)(N/N=C/c1cccc(F)c1)c1ccc(F)cc1. The Bertz CT molecular complexity index is 728. The van der Waals surface area contributed by atoms with Gasteiger partial charge in [0.1, 0.15) is 11.6 Å². The molecule has 2 aromatic rings. The van der Waals surface area contributed by atoms with Gasteiger partial charge < -0.3 is 0 Å². The normalized spacial score (nSPS) is 11.7. The third-order valence-corrected chi connectivity index (χ3v) is 3.60. The second-order valence-corrected chi connectivity index (χ2v) is 5.52. The van der Waals surface area contributed by atoms with E-state index in [1.807, 2.05) is 4.83 Å². The smallest absolute Gasteiger partial charge is 0.207 e. The summed E-state index contributed by atoms with van der Waals surface area (Å²) in [4.78, 5) is 1.84. The van der Waals surface area contributed by atoms with Gasteiger partial charge in [-0.3, -0.25) is 0 Å². The van der Waals surface area contributed by atoms with Crippen LogP contribution in [0.5, 0.6) is 0 Å². The molecular weight excluding hydrogens is 286 g/mol. The molecule has 0 aliphatic carbocycles. The fourth-order valence-electron chi connectivity index (χ4n) is 1.42. The van der Waals surface area contributed by atoms with Crippen molar-refractivity contribution >= 4 is 16.2 Å². The van der Waals surface area contributed by atoms with Crippen molar-refractivity contribution in [2.45, 2.75) is 4.90 Å². The van der Waals surface area contributed by atoms with Crippen molar-refractivity contribution in [3.63, 3.8) is 0 Å². The molecule has 0 radical (unpaired) electrons. The van der Waals surface area contributed by atoms with Crippen molar-refractivity contribution in [2.24, 2.45) is 5.10 Å². The highest BCUT2D eigenvalue weighted by Gasteiger charge is 2.12. The van der Waals surface area contributed by atoms with E-state index in [4.69, 9.17) is 0 Å². The van der Waals surface area contributed by atoms with E-state index in [9.17, 15) is 17.2 Å². The van der Waals surface area contributed by atoms with Gasteiger partial charge in [0.15, 0.2) is 0 Å². The lowest BCUT2D eigenvalue weighted by atomic mass is 10.2. The molecule has 0 saturated carbocycles. The van der Waals surface area contributed by atoms with Gasteiger partial charge in [0, 0.05) is 0 Å². The zero-order valence-corrected chi connectivity index (χ0v) is 10.9. The van der Waals surface area contributed by atoms with Gasteiger partial charge in [-0.1, -0.05) is 12.1 Å². The largest absolute Gasteiger partial charge is 0.276 e. The molecule has 20 heavy (non-hydrogen) atoms. The van der Waals surface area contributed by atoms with Crippen LogP contribution in [0.25, 0.3) is 0 Å². The number of benzene rings is 2. The standard InChI is InChI=1S/C13H10F2N2O2S/c14-11-4-6-13(7-5-11)20(18,19)17-16-9-10-2-1-3-12(15)8-10/h1-9,17H/b16-9+. The number of sulfonamides is 1. The van der Waals surface area contributed by atoms with Gasteiger partial charge >= 0.3 is 0 Å². The predicted octanol–water partition coefficient (Wildman–Crippen LogP) is 2.28. The molecule has 0 bridgehead atoms. The number of nitrogens with one attached hydrogen (secondary N) is 1. The van der Waals surface area contributed by atoms with Gasteiger partial charge in [0.05, 0.1) is 11.1 Å². The third kappa shape index (κ3) is 3.61. The molecule has 104 valence electrons. The summed E-state index contributed by atoms with van der Waals surface area (Å²) in [5, 5.41) is 3.53. The summed E-state index contributed by atoms with van der Waals surface area (Å²) in [6.45, 7) is 0. The van der Waals surface area contributed by atoms with E-state index in [0.717, 1.165) is 24.3 Å². The molecule has 0 atom stereocenters. The lowest BCUT2D eigenvalue weighted by Crippen LogP contribution is -2.18. The molecule has 2 aromatic carbocycles. The van der Waals surface area contributed by atoms with Gasteiger partial charge in [-0.2, -0.15) is 13.5 Å². The monoisotopic (exact) mass is 296 g/mol. The third-order valence-electron chi connectivity index (χ3n) is 2.36. The van der Waals surface area contributed by atoms with Crippen LogP contribution in [0.2, 0.25) is 0 Å². The first kappa shape index (κ1) is 14.1. The van der Waals surface area contributed by atoms with Crippen LogP contribution in [-0.2, 0) is 10.0 Å². The molecule has 4 nitrogen and oxygen atoms in total. The molecule has 7 heteroatoms. The van der Waals surface area contributed by atoms with Gasteiger partial charge in [-0.05, 0) is 42.0 Å². The van der Waals surface area contributed by atoms with Crippen LogP contribution in [0, 0.1) is 11.6 Å². The lowest BCUT2D eigenvalue weighted by Gasteiger charge is -2.02. The molecule has 0 aromatic heterocycles. The van der Waals surface area contributed by atoms with E-state index >= 15 is 0 Å². The highest BCUT2D eigenvalue weighted by Crippen LogP contribution is 2.09. The summed E-state index contributed by atoms with van der Waals surface area (Å²) < 4.78 is 49.2. The minimum atomic E-state index is -3.87. The quantitative estimate of drug-likeness (QED) is 0.695. The number of nitrogens with zero attached hydrogens (tertiary/aromatic N) is 1. The van der Waals surface area contributed by atoms with Crippen LogP contribution in [0.15, 0.2) is 58.5 Å². The molecule has 0 spiro atoms. The molecule has 0 aliphatic heterocycles. The maximum Gasteiger partial charge on any atom is 0.276 e. The minimum Gasteiger partial charge on any atom is -0.207 e. The van der Waals surface area contributed by atoms with Crippen molar-refractivity contribution in [1.29, 1.82) is 0 Å². The number of hydrazone groups is 1. The van der Waals surface area contributed by atoms with Crippen molar-refractivity contribution < 1.29 is 17.2 Å². The first-order valence-corrected chi connectivity index (χ1v) is 7.02. The zero-order valence-electron chi connectivity index (χ0n) is 10.1. The van der Waals surface area contributed by atoms with E-state index < -0.39 is 21.7 Å². The van der Waals surface area contributed by atoms with Crippen molar-refractivity contribution in [1.82, 2.24) is 4.83 Å². The molecule has 1 N–H and O–H groups in total. The van der Waals surface area contributed by atoms with Crippen LogP contribution >= 0.6 is 0 Å². The first-order valence-electron chi connectivity index (χ1n) is 5.53. The predicted molar refractivity (Wildman–Crippen MR) is 70.7 cm³/mol. The molecule has 0 fully saturated rings. The minimum absolute atomic E-state index is 0.115. The number of hydrogen-bond donors (Lipinski definition) is 1. The zero-order chi connectivity index (χ0) is 14.6. The Kier molecular flexibility index (Phi) is 4.09. The molecule has 0 amide bonds. The average Bonchev–Trinajstić information content (AvgIpc) is 2.39. The Labute approximate surface area is 114 Å². The van der Waals surface area contributed by atoms with E-state index in [0.29, 0.717) is 5.56 Å². The Morgan fingerprint density at radius 1 is 1.00 bits per heavy atom. The van der Waals surface area contributed by atoms with Gasteiger partial charge in [-0.25, -0.2) is 13.6 Å². The Hall–Kier alpha value is -2.28. The summed E-state index contributed by atoms with van der Waals surface area (Å²) in [5.74, 6) is -0.984. The second kappa shape index (κ2) is 5.79. The topological polar surface area (TPSA) is 58.5 Å². The Morgan fingerprint density at radius 2 is 1.70 bits per heavy atom. The number of rotatable bonds is 4. The second-order valence-electron chi connectivity index (χ2n) is 3.86. The number of hydrogen-bond acceptors (Lipinski definition) is 3. The van der Waals surface area contributed by atoms with Gasteiger partial charge in [0.25, 0.3) is 10.0 Å². The van der Waals surface area contributed by atoms with E-state index in [2.05, 4.69) is 5.10 Å². The highest BCUT2D eigenvalue weighted by molar-refractivity contribution is 7.89. The number of halogens is 2.